The molecule has 2 heterocycles. The van der Waals surface area contributed by atoms with Crippen LogP contribution in [0, 0.1) is 5.82 Å². The van der Waals surface area contributed by atoms with Crippen LogP contribution in [0.4, 0.5) is 4.39 Å². The lowest BCUT2D eigenvalue weighted by molar-refractivity contribution is 0.408. The number of hydrogen-bond donors (Lipinski definition) is 2. The van der Waals surface area contributed by atoms with Gasteiger partial charge in [-0.2, -0.15) is 0 Å². The Morgan fingerprint density at radius 1 is 1.46 bits per heavy atom. The van der Waals surface area contributed by atoms with Crippen LogP contribution >= 0.6 is 0 Å². The number of hydrogen-bond acceptors (Lipinski definition) is 3. The number of rotatable bonds is 1. The SMILES string of the molecule is Fc1cccnc1[C@@H]1CNCCN1. The standard InChI is InChI=1S/C9H12FN3/c10-7-2-1-3-13-9(7)8-6-11-4-5-12-8/h1-3,8,11-12H,4-6H2/t8-/m0/s1. The van der Waals surface area contributed by atoms with Crippen LogP contribution in [0.25, 0.3) is 0 Å². The molecule has 1 saturated heterocycles. The summed E-state index contributed by atoms with van der Waals surface area (Å²) < 4.78 is 13.2. The predicted octanol–water partition coefficient (Wildman–Crippen LogP) is 0.455. The second-order valence-electron chi connectivity index (χ2n) is 3.08. The normalized spacial score (nSPS) is 23.0. The Labute approximate surface area is 76.4 Å². The van der Waals surface area contributed by atoms with E-state index in [9.17, 15) is 4.39 Å². The van der Waals surface area contributed by atoms with Gasteiger partial charge < -0.3 is 10.6 Å². The van der Waals surface area contributed by atoms with Crippen molar-refractivity contribution in [2.45, 2.75) is 6.04 Å². The van der Waals surface area contributed by atoms with Crippen LogP contribution < -0.4 is 10.6 Å². The molecule has 1 aliphatic rings. The van der Waals surface area contributed by atoms with E-state index in [2.05, 4.69) is 15.6 Å². The van der Waals surface area contributed by atoms with Crippen molar-refractivity contribution in [1.82, 2.24) is 15.6 Å². The zero-order valence-corrected chi connectivity index (χ0v) is 7.26. The van der Waals surface area contributed by atoms with E-state index in [1.165, 1.54) is 6.07 Å². The fraction of sp³-hybridized carbons (Fsp3) is 0.444. The number of pyridine rings is 1. The van der Waals surface area contributed by atoms with Gasteiger partial charge in [0, 0.05) is 25.8 Å². The van der Waals surface area contributed by atoms with Gasteiger partial charge in [-0.1, -0.05) is 0 Å². The highest BCUT2D eigenvalue weighted by Gasteiger charge is 2.18. The molecule has 2 N–H and O–H groups in total. The lowest BCUT2D eigenvalue weighted by Crippen LogP contribution is -2.43. The topological polar surface area (TPSA) is 37.0 Å². The molecule has 1 aromatic rings. The Morgan fingerprint density at radius 2 is 2.38 bits per heavy atom. The highest BCUT2D eigenvalue weighted by Crippen LogP contribution is 2.13. The highest BCUT2D eigenvalue weighted by molar-refractivity contribution is 5.12. The Bertz CT molecular complexity index is 284. The fourth-order valence-electron chi connectivity index (χ4n) is 1.50. The molecule has 3 nitrogen and oxygen atoms in total. The van der Waals surface area contributed by atoms with Gasteiger partial charge in [0.1, 0.15) is 5.82 Å². The second kappa shape index (κ2) is 3.81. The van der Waals surface area contributed by atoms with Crippen molar-refractivity contribution in [2.24, 2.45) is 0 Å². The Morgan fingerprint density at radius 3 is 3.08 bits per heavy atom. The van der Waals surface area contributed by atoms with E-state index >= 15 is 0 Å². The minimum Gasteiger partial charge on any atom is -0.314 e. The van der Waals surface area contributed by atoms with E-state index in [-0.39, 0.29) is 11.9 Å². The average molecular weight is 181 g/mol. The molecule has 0 unspecified atom stereocenters. The molecule has 1 atom stereocenters. The molecule has 0 saturated carbocycles. The average Bonchev–Trinajstić information content (AvgIpc) is 2.20. The zero-order valence-electron chi connectivity index (χ0n) is 7.26. The van der Waals surface area contributed by atoms with Gasteiger partial charge in [-0.15, -0.1) is 0 Å². The van der Waals surface area contributed by atoms with Gasteiger partial charge in [0.15, 0.2) is 0 Å². The van der Waals surface area contributed by atoms with Crippen LogP contribution in [0.3, 0.4) is 0 Å². The first kappa shape index (κ1) is 8.59. The summed E-state index contributed by atoms with van der Waals surface area (Å²) >= 11 is 0. The molecule has 2 rings (SSSR count). The number of aromatic nitrogens is 1. The van der Waals surface area contributed by atoms with E-state index in [1.54, 1.807) is 12.3 Å². The van der Waals surface area contributed by atoms with Gasteiger partial charge in [0.2, 0.25) is 0 Å². The van der Waals surface area contributed by atoms with Crippen molar-refractivity contribution in [3.05, 3.63) is 29.8 Å². The van der Waals surface area contributed by atoms with E-state index < -0.39 is 0 Å². The van der Waals surface area contributed by atoms with Crippen molar-refractivity contribution in [3.8, 4) is 0 Å². The fourth-order valence-corrected chi connectivity index (χ4v) is 1.50. The predicted molar refractivity (Wildman–Crippen MR) is 47.8 cm³/mol. The quantitative estimate of drug-likeness (QED) is 0.660. The molecule has 0 aliphatic carbocycles. The zero-order chi connectivity index (χ0) is 9.10. The van der Waals surface area contributed by atoms with E-state index in [0.29, 0.717) is 5.69 Å². The van der Waals surface area contributed by atoms with Crippen molar-refractivity contribution in [1.29, 1.82) is 0 Å². The third-order valence-corrected chi connectivity index (χ3v) is 2.16. The number of nitrogens with one attached hydrogen (secondary N) is 2. The Kier molecular flexibility index (Phi) is 2.52. The lowest BCUT2D eigenvalue weighted by Gasteiger charge is -2.24. The summed E-state index contributed by atoms with van der Waals surface area (Å²) in [5, 5.41) is 6.40. The van der Waals surface area contributed by atoms with Crippen LogP contribution in [-0.2, 0) is 0 Å². The molecule has 13 heavy (non-hydrogen) atoms. The smallest absolute Gasteiger partial charge is 0.146 e. The lowest BCUT2D eigenvalue weighted by atomic mass is 10.1. The van der Waals surface area contributed by atoms with E-state index in [4.69, 9.17) is 0 Å². The highest BCUT2D eigenvalue weighted by atomic mass is 19.1. The van der Waals surface area contributed by atoms with Gasteiger partial charge in [-0.3, -0.25) is 4.98 Å². The maximum atomic E-state index is 13.2. The van der Waals surface area contributed by atoms with Crippen LogP contribution in [0.5, 0.6) is 0 Å². The largest absolute Gasteiger partial charge is 0.314 e. The van der Waals surface area contributed by atoms with Crippen molar-refractivity contribution in [3.63, 3.8) is 0 Å². The molecule has 0 bridgehead atoms. The monoisotopic (exact) mass is 181 g/mol. The molecular formula is C9H12FN3. The summed E-state index contributed by atoms with van der Waals surface area (Å²) in [5.41, 5.74) is 0.509. The number of nitrogens with zero attached hydrogens (tertiary/aromatic N) is 1. The Balaban J connectivity index is 2.18. The van der Waals surface area contributed by atoms with Crippen LogP contribution in [0.2, 0.25) is 0 Å². The molecule has 0 aromatic carbocycles. The first-order valence-electron chi connectivity index (χ1n) is 4.42. The van der Waals surface area contributed by atoms with Crippen molar-refractivity contribution in [2.75, 3.05) is 19.6 Å². The molecule has 1 aliphatic heterocycles. The molecule has 1 fully saturated rings. The first-order chi connectivity index (χ1) is 6.38. The summed E-state index contributed by atoms with van der Waals surface area (Å²) in [6.45, 7) is 2.54. The summed E-state index contributed by atoms with van der Waals surface area (Å²) in [5.74, 6) is -0.233. The van der Waals surface area contributed by atoms with Gasteiger partial charge >= 0.3 is 0 Å². The minimum absolute atomic E-state index is 0.00921. The maximum Gasteiger partial charge on any atom is 0.146 e. The molecule has 70 valence electrons. The van der Waals surface area contributed by atoms with Gasteiger partial charge in [0.25, 0.3) is 0 Å². The van der Waals surface area contributed by atoms with E-state index in [1.807, 2.05) is 0 Å². The van der Waals surface area contributed by atoms with Crippen LogP contribution in [0.1, 0.15) is 11.7 Å². The van der Waals surface area contributed by atoms with Gasteiger partial charge in [0.05, 0.1) is 11.7 Å². The van der Waals surface area contributed by atoms with Crippen molar-refractivity contribution < 1.29 is 4.39 Å². The summed E-state index contributed by atoms with van der Waals surface area (Å²) in [7, 11) is 0. The molecule has 0 radical (unpaired) electrons. The first-order valence-corrected chi connectivity index (χ1v) is 4.42. The third kappa shape index (κ3) is 1.84. The molecular weight excluding hydrogens is 169 g/mol. The molecule has 0 amide bonds. The van der Waals surface area contributed by atoms with Crippen molar-refractivity contribution >= 4 is 0 Å². The third-order valence-electron chi connectivity index (χ3n) is 2.16. The van der Waals surface area contributed by atoms with E-state index in [0.717, 1.165) is 19.6 Å². The maximum absolute atomic E-state index is 13.2. The summed E-state index contributed by atoms with van der Waals surface area (Å²) in [6.07, 6.45) is 1.62. The van der Waals surface area contributed by atoms with Gasteiger partial charge in [-0.25, -0.2) is 4.39 Å². The molecule has 1 aromatic heterocycles. The van der Waals surface area contributed by atoms with Gasteiger partial charge in [-0.05, 0) is 12.1 Å². The van der Waals surface area contributed by atoms with Crippen LogP contribution in [-0.4, -0.2) is 24.6 Å². The number of piperazine rings is 1. The molecule has 0 spiro atoms. The second-order valence-corrected chi connectivity index (χ2v) is 3.08. The summed E-state index contributed by atoms with van der Waals surface area (Å²) in [6, 6.07) is 3.06. The summed E-state index contributed by atoms with van der Waals surface area (Å²) in [4.78, 5) is 4.02. The minimum atomic E-state index is -0.233. The molecule has 4 heteroatoms. The number of halogens is 1. The van der Waals surface area contributed by atoms with Crippen LogP contribution in [0.15, 0.2) is 18.3 Å². The Hall–Kier alpha value is -1.00.